The highest BCUT2D eigenvalue weighted by molar-refractivity contribution is 8.00. The number of carboxylic acids is 1. The van der Waals surface area contributed by atoms with Crippen molar-refractivity contribution in [1.29, 1.82) is 0 Å². The van der Waals surface area contributed by atoms with Crippen LogP contribution in [-0.4, -0.2) is 34.7 Å². The molecule has 1 heterocycles. The molecular formula is C31H28O4S. The number of thioether (sulfide) groups is 1. The Morgan fingerprint density at radius 2 is 1.17 bits per heavy atom. The number of carboxylic acid groups (broad SMARTS) is 1. The van der Waals surface area contributed by atoms with Gasteiger partial charge in [0.05, 0.1) is 11.1 Å². The van der Waals surface area contributed by atoms with Crippen LogP contribution in [0, 0.1) is 0 Å². The Hall–Kier alpha value is -3.83. The van der Waals surface area contributed by atoms with Crippen LogP contribution in [0.25, 0.3) is 22.3 Å². The number of esters is 1. The Morgan fingerprint density at radius 3 is 1.61 bits per heavy atom. The van der Waals surface area contributed by atoms with Crippen LogP contribution < -0.4 is 0 Å². The fourth-order valence-electron chi connectivity index (χ4n) is 3.89. The van der Waals surface area contributed by atoms with Crippen molar-refractivity contribution < 1.29 is 19.4 Å². The van der Waals surface area contributed by atoms with E-state index in [-0.39, 0.29) is 5.97 Å². The molecule has 0 unspecified atom stereocenters. The number of hydrogen-bond acceptors (Lipinski definition) is 4. The molecule has 5 rings (SSSR count). The first kappa shape index (κ1) is 25.3. The van der Waals surface area contributed by atoms with E-state index in [1.165, 1.54) is 12.2 Å². The van der Waals surface area contributed by atoms with E-state index in [4.69, 9.17) is 9.84 Å². The number of carbonyl (C=O) groups excluding carboxylic acids is 1. The first-order chi connectivity index (χ1) is 17.6. The number of rotatable bonds is 6. The third-order valence-corrected chi connectivity index (χ3v) is 7.26. The smallest absolute Gasteiger partial charge is 0.338 e. The van der Waals surface area contributed by atoms with Crippen molar-refractivity contribution in [3.63, 3.8) is 0 Å². The highest BCUT2D eigenvalue weighted by Crippen LogP contribution is 2.26. The quantitative estimate of drug-likeness (QED) is 0.281. The summed E-state index contributed by atoms with van der Waals surface area (Å²) in [4.78, 5) is 22.7. The van der Waals surface area contributed by atoms with Crippen molar-refractivity contribution in [1.82, 2.24) is 0 Å². The lowest BCUT2D eigenvalue weighted by Crippen LogP contribution is -2.13. The molecule has 4 aromatic carbocycles. The van der Waals surface area contributed by atoms with Gasteiger partial charge in [0, 0.05) is 5.25 Å². The number of aromatic carboxylic acids is 1. The summed E-state index contributed by atoms with van der Waals surface area (Å²) < 4.78 is 5.40. The maximum atomic E-state index is 12.0. The molecule has 0 radical (unpaired) electrons. The van der Waals surface area contributed by atoms with E-state index in [9.17, 15) is 9.59 Å². The van der Waals surface area contributed by atoms with Gasteiger partial charge in [-0.15, -0.1) is 0 Å². The van der Waals surface area contributed by atoms with Gasteiger partial charge in [0.25, 0.3) is 0 Å². The summed E-state index contributed by atoms with van der Waals surface area (Å²) in [6, 6.07) is 34.5. The van der Waals surface area contributed by atoms with E-state index in [2.05, 4.69) is 12.1 Å². The molecule has 0 amide bonds. The summed E-state index contributed by atoms with van der Waals surface area (Å²) in [5.74, 6) is 0.0743. The van der Waals surface area contributed by atoms with Gasteiger partial charge < -0.3 is 9.84 Å². The summed E-state index contributed by atoms with van der Waals surface area (Å²) in [5, 5.41) is 9.23. The Kier molecular flexibility index (Phi) is 8.95. The van der Waals surface area contributed by atoms with Crippen LogP contribution in [0.2, 0.25) is 0 Å². The molecule has 1 aliphatic heterocycles. The minimum atomic E-state index is -0.894. The van der Waals surface area contributed by atoms with Crippen LogP contribution in [0.1, 0.15) is 33.6 Å². The maximum absolute atomic E-state index is 12.0. The van der Waals surface area contributed by atoms with E-state index in [0.717, 1.165) is 28.7 Å². The van der Waals surface area contributed by atoms with Crippen LogP contribution in [0.3, 0.4) is 0 Å². The molecule has 1 saturated heterocycles. The lowest BCUT2D eigenvalue weighted by Gasteiger charge is -2.10. The van der Waals surface area contributed by atoms with E-state index in [1.807, 2.05) is 96.7 Å². The second kappa shape index (κ2) is 12.8. The molecule has 5 heteroatoms. The minimum Gasteiger partial charge on any atom is -0.478 e. The molecule has 0 spiro atoms. The number of hydrogen-bond donors (Lipinski definition) is 1. The molecule has 0 aromatic heterocycles. The molecule has 1 N–H and O–H groups in total. The number of ether oxygens (including phenoxy) is 1. The van der Waals surface area contributed by atoms with Gasteiger partial charge in [-0.25, -0.2) is 9.59 Å². The zero-order chi connectivity index (χ0) is 25.2. The predicted octanol–water partition coefficient (Wildman–Crippen LogP) is 7.46. The summed E-state index contributed by atoms with van der Waals surface area (Å²) in [6.07, 6.45) is 2.39. The molecule has 0 saturated carbocycles. The third kappa shape index (κ3) is 7.09. The van der Waals surface area contributed by atoms with Crippen LogP contribution in [0.5, 0.6) is 0 Å². The summed E-state index contributed by atoms with van der Waals surface area (Å²) in [5.41, 5.74) is 5.32. The SMILES string of the molecule is O=C(O)c1ccc(-c2ccccc2)cc1.O=C(OC[C@H]1CCCS1)c1ccc(-c2ccccc2)cc1. The van der Waals surface area contributed by atoms with Crippen LogP contribution in [0.4, 0.5) is 0 Å². The Morgan fingerprint density at radius 1 is 0.694 bits per heavy atom. The number of carbonyl (C=O) groups is 2. The monoisotopic (exact) mass is 496 g/mol. The topological polar surface area (TPSA) is 63.6 Å². The fourth-order valence-corrected chi connectivity index (χ4v) is 5.06. The zero-order valence-corrected chi connectivity index (χ0v) is 20.7. The predicted molar refractivity (Wildman–Crippen MR) is 146 cm³/mol. The van der Waals surface area contributed by atoms with Gasteiger partial charge in [0.1, 0.15) is 6.61 Å². The molecule has 1 fully saturated rings. The van der Waals surface area contributed by atoms with Gasteiger partial charge in [-0.1, -0.05) is 84.9 Å². The van der Waals surface area contributed by atoms with Gasteiger partial charge >= 0.3 is 11.9 Å². The standard InChI is InChI=1S/C18H18O2S.C13H10O2/c19-18(20-13-17-7-4-12-21-17)16-10-8-15(9-11-16)14-5-2-1-3-6-14;14-13(15)12-8-6-11(7-9-12)10-4-2-1-3-5-10/h1-3,5-6,8-11,17H,4,7,12-13H2;1-9H,(H,14,15)/t17-;/m1./s1. The molecule has 36 heavy (non-hydrogen) atoms. The lowest BCUT2D eigenvalue weighted by molar-refractivity contribution is 0.0505. The van der Waals surface area contributed by atoms with Crippen molar-refractivity contribution in [2.75, 3.05) is 12.4 Å². The van der Waals surface area contributed by atoms with Crippen molar-refractivity contribution >= 4 is 23.7 Å². The number of benzene rings is 4. The lowest BCUT2D eigenvalue weighted by atomic mass is 10.0. The van der Waals surface area contributed by atoms with Gasteiger partial charge in [-0.3, -0.25) is 0 Å². The second-order valence-electron chi connectivity index (χ2n) is 8.43. The summed E-state index contributed by atoms with van der Waals surface area (Å²) in [6.45, 7) is 0.532. The molecule has 0 bridgehead atoms. The average Bonchev–Trinajstić information content (AvgIpc) is 3.47. The Labute approximate surface area is 216 Å². The van der Waals surface area contributed by atoms with Crippen LogP contribution in [0.15, 0.2) is 109 Å². The van der Waals surface area contributed by atoms with E-state index < -0.39 is 5.97 Å². The van der Waals surface area contributed by atoms with Gasteiger partial charge in [-0.05, 0) is 65.1 Å². The molecule has 4 nitrogen and oxygen atoms in total. The maximum Gasteiger partial charge on any atom is 0.338 e. The first-order valence-corrected chi connectivity index (χ1v) is 13.0. The van der Waals surface area contributed by atoms with Crippen LogP contribution in [-0.2, 0) is 4.74 Å². The molecule has 1 atom stereocenters. The molecule has 1 aliphatic rings. The summed E-state index contributed by atoms with van der Waals surface area (Å²) in [7, 11) is 0. The highest BCUT2D eigenvalue weighted by atomic mass is 32.2. The highest BCUT2D eigenvalue weighted by Gasteiger charge is 2.18. The third-order valence-electron chi connectivity index (χ3n) is 5.89. The van der Waals surface area contributed by atoms with Crippen LogP contribution >= 0.6 is 11.8 Å². The first-order valence-electron chi connectivity index (χ1n) is 11.9. The molecule has 4 aromatic rings. The van der Waals surface area contributed by atoms with Crippen molar-refractivity contribution in [3.8, 4) is 22.3 Å². The Bertz CT molecular complexity index is 1250. The molecular weight excluding hydrogens is 468 g/mol. The van der Waals surface area contributed by atoms with Gasteiger partial charge in [0.15, 0.2) is 0 Å². The van der Waals surface area contributed by atoms with Crippen molar-refractivity contribution in [2.24, 2.45) is 0 Å². The van der Waals surface area contributed by atoms with E-state index in [1.54, 1.807) is 12.1 Å². The normalized spacial score (nSPS) is 14.4. The van der Waals surface area contributed by atoms with E-state index in [0.29, 0.717) is 23.0 Å². The molecule has 0 aliphatic carbocycles. The summed E-state index contributed by atoms with van der Waals surface area (Å²) >= 11 is 1.90. The second-order valence-corrected chi connectivity index (χ2v) is 9.83. The minimum absolute atomic E-state index is 0.220. The average molecular weight is 497 g/mol. The van der Waals surface area contributed by atoms with Gasteiger partial charge in [0.2, 0.25) is 0 Å². The molecule has 182 valence electrons. The fraction of sp³-hybridized carbons (Fsp3) is 0.161. The Balaban J connectivity index is 0.000000179. The van der Waals surface area contributed by atoms with Crippen molar-refractivity contribution in [3.05, 3.63) is 120 Å². The zero-order valence-electron chi connectivity index (χ0n) is 19.9. The van der Waals surface area contributed by atoms with Gasteiger partial charge in [-0.2, -0.15) is 11.8 Å². The largest absolute Gasteiger partial charge is 0.478 e. The van der Waals surface area contributed by atoms with Crippen molar-refractivity contribution in [2.45, 2.75) is 18.1 Å². The van der Waals surface area contributed by atoms with E-state index >= 15 is 0 Å².